The van der Waals surface area contributed by atoms with Gasteiger partial charge in [-0.05, 0) is 12.1 Å². The van der Waals surface area contributed by atoms with E-state index < -0.39 is 11.3 Å². The highest BCUT2D eigenvalue weighted by atomic mass is 16.1. The summed E-state index contributed by atoms with van der Waals surface area (Å²) in [6.45, 7) is 0. The Morgan fingerprint density at radius 3 is 2.62 bits per heavy atom. The number of benzene rings is 1. The topological polar surface area (TPSA) is 78.7 Å². The molecule has 0 unspecified atom stereocenters. The van der Waals surface area contributed by atoms with Crippen LogP contribution in [0.2, 0.25) is 0 Å². The van der Waals surface area contributed by atoms with Crippen molar-refractivity contribution >= 4 is 5.78 Å². The van der Waals surface area contributed by atoms with E-state index in [9.17, 15) is 9.59 Å². The summed E-state index contributed by atoms with van der Waals surface area (Å²) in [6.07, 6.45) is 0. The summed E-state index contributed by atoms with van der Waals surface area (Å²) >= 11 is 0. The average molecular weight is 213 g/mol. The minimum Gasteiger partial charge on any atom is -0.275 e. The minimum atomic E-state index is -0.748. The van der Waals surface area contributed by atoms with Crippen LogP contribution in [0, 0.1) is 11.3 Å². The normalized spacial score (nSPS) is 9.69. The quantitative estimate of drug-likeness (QED) is 0.593. The molecule has 0 radical (unpaired) electrons. The summed E-state index contributed by atoms with van der Waals surface area (Å²) in [5.41, 5.74) is 0.254. The lowest BCUT2D eigenvalue weighted by Gasteiger charge is -2.03. The largest absolute Gasteiger partial charge is 0.280 e. The molecular weight excluding hydrogens is 206 g/mol. The van der Waals surface area contributed by atoms with Crippen molar-refractivity contribution in [3.05, 3.63) is 52.4 Å². The van der Waals surface area contributed by atoms with Crippen molar-refractivity contribution in [3.8, 4) is 11.8 Å². The number of hydrogen-bond acceptors (Lipinski definition) is 3. The van der Waals surface area contributed by atoms with E-state index in [4.69, 9.17) is 5.26 Å². The summed E-state index contributed by atoms with van der Waals surface area (Å²) in [4.78, 5) is 22.4. The number of carbonyl (C=O) groups excluding carboxylic acids is 1. The van der Waals surface area contributed by atoms with E-state index >= 15 is 0 Å². The molecule has 2 rings (SSSR count). The average Bonchev–Trinajstić information content (AvgIpc) is 2.71. The number of ketones is 1. The van der Waals surface area contributed by atoms with E-state index in [2.05, 4.69) is 5.10 Å². The van der Waals surface area contributed by atoms with Gasteiger partial charge in [0.15, 0.2) is 0 Å². The van der Waals surface area contributed by atoms with Crippen LogP contribution in [-0.4, -0.2) is 15.6 Å². The molecule has 2 aromatic rings. The molecular formula is C11H7N3O2. The van der Waals surface area contributed by atoms with Crippen molar-refractivity contribution in [2.24, 2.45) is 0 Å². The second-order valence-corrected chi connectivity index (χ2v) is 3.12. The molecule has 1 aromatic heterocycles. The minimum absolute atomic E-state index is 0.0405. The Labute approximate surface area is 90.5 Å². The van der Waals surface area contributed by atoms with Gasteiger partial charge in [-0.25, -0.2) is 4.68 Å². The molecule has 1 N–H and O–H groups in total. The van der Waals surface area contributed by atoms with Crippen molar-refractivity contribution in [2.45, 2.75) is 0 Å². The van der Waals surface area contributed by atoms with E-state index in [1.165, 1.54) is 10.8 Å². The zero-order chi connectivity index (χ0) is 11.5. The van der Waals surface area contributed by atoms with Crippen LogP contribution >= 0.6 is 0 Å². The number of carbonyl (C=O) groups is 1. The first-order valence-corrected chi connectivity index (χ1v) is 4.54. The van der Waals surface area contributed by atoms with Crippen LogP contribution in [0.5, 0.6) is 0 Å². The van der Waals surface area contributed by atoms with E-state index in [0.717, 1.165) is 6.07 Å². The monoisotopic (exact) mass is 213 g/mol. The van der Waals surface area contributed by atoms with Crippen molar-refractivity contribution in [3.63, 3.8) is 0 Å². The number of Topliss-reactive ketones (excluding diaryl/α,β-unsaturated/α-hetero) is 1. The molecule has 0 saturated heterocycles. The predicted molar refractivity (Wildman–Crippen MR) is 56.3 cm³/mol. The fraction of sp³-hybridized carbons (Fsp3) is 0. The van der Waals surface area contributed by atoms with Crippen molar-refractivity contribution in [1.82, 2.24) is 9.78 Å². The molecule has 0 spiro atoms. The molecule has 5 heteroatoms. The second kappa shape index (κ2) is 3.87. The van der Waals surface area contributed by atoms with Gasteiger partial charge in [0.1, 0.15) is 11.8 Å². The number of nitriles is 1. The van der Waals surface area contributed by atoms with Crippen molar-refractivity contribution in [1.29, 1.82) is 5.26 Å². The Morgan fingerprint density at radius 2 is 2.00 bits per heavy atom. The number of H-pyrrole nitrogens is 1. The van der Waals surface area contributed by atoms with E-state index in [1.807, 2.05) is 6.07 Å². The smallest absolute Gasteiger partial charge is 0.275 e. The van der Waals surface area contributed by atoms with Crippen LogP contribution in [0.15, 0.2) is 41.2 Å². The molecule has 5 nitrogen and oxygen atoms in total. The van der Waals surface area contributed by atoms with Gasteiger partial charge in [0.2, 0.25) is 0 Å². The number of aromatic amines is 1. The van der Waals surface area contributed by atoms with Crippen LogP contribution in [-0.2, 0) is 0 Å². The van der Waals surface area contributed by atoms with E-state index in [-0.39, 0.29) is 5.69 Å². The molecule has 0 aliphatic rings. The van der Waals surface area contributed by atoms with Gasteiger partial charge < -0.3 is 0 Å². The summed E-state index contributed by atoms with van der Waals surface area (Å²) < 4.78 is 1.30. The van der Waals surface area contributed by atoms with Gasteiger partial charge in [0, 0.05) is 6.07 Å². The van der Waals surface area contributed by atoms with Gasteiger partial charge in [-0.3, -0.25) is 14.7 Å². The number of nitrogens with zero attached hydrogens (tertiary/aromatic N) is 2. The number of hydrogen-bond donors (Lipinski definition) is 1. The molecule has 0 aliphatic carbocycles. The third kappa shape index (κ3) is 1.64. The predicted octanol–water partition coefficient (Wildman–Crippen LogP) is 0.872. The van der Waals surface area contributed by atoms with Gasteiger partial charge in [-0.2, -0.15) is 5.26 Å². The summed E-state index contributed by atoms with van der Waals surface area (Å²) in [5.74, 6) is -0.748. The molecule has 16 heavy (non-hydrogen) atoms. The number of aromatic nitrogens is 2. The molecule has 78 valence electrons. The first-order chi connectivity index (χ1) is 7.72. The lowest BCUT2D eigenvalue weighted by Crippen LogP contribution is -2.08. The number of rotatable bonds is 2. The van der Waals surface area contributed by atoms with E-state index in [1.54, 1.807) is 24.3 Å². The fourth-order valence-electron chi connectivity index (χ4n) is 1.40. The van der Waals surface area contributed by atoms with E-state index in [0.29, 0.717) is 5.69 Å². The highest BCUT2D eigenvalue weighted by Crippen LogP contribution is 2.08. The zero-order valence-corrected chi connectivity index (χ0v) is 8.18. The van der Waals surface area contributed by atoms with Gasteiger partial charge in [-0.1, -0.05) is 18.2 Å². The standard InChI is InChI=1S/C11H7N3O2/c12-7-10(15)9-6-11(16)13-14(9)8-4-2-1-3-5-8/h1-6H,(H,13,16). The maximum absolute atomic E-state index is 11.3. The SMILES string of the molecule is N#CC(=O)c1cc(=O)[nH]n1-c1ccccc1. The molecule has 0 amide bonds. The Kier molecular flexibility index (Phi) is 2.40. The Bertz CT molecular complexity index is 617. The summed E-state index contributed by atoms with van der Waals surface area (Å²) in [7, 11) is 0. The fourth-order valence-corrected chi connectivity index (χ4v) is 1.40. The Balaban J connectivity index is 2.63. The lowest BCUT2D eigenvalue weighted by atomic mass is 10.2. The number of nitrogens with one attached hydrogen (secondary N) is 1. The molecule has 0 atom stereocenters. The molecule has 1 heterocycles. The zero-order valence-electron chi connectivity index (χ0n) is 8.18. The van der Waals surface area contributed by atoms with Gasteiger partial charge in [0.05, 0.1) is 5.69 Å². The highest BCUT2D eigenvalue weighted by Gasteiger charge is 2.13. The molecule has 0 saturated carbocycles. The first kappa shape index (κ1) is 9.93. The van der Waals surface area contributed by atoms with Crippen molar-refractivity contribution in [2.75, 3.05) is 0 Å². The third-order valence-electron chi connectivity index (χ3n) is 2.08. The summed E-state index contributed by atoms with van der Waals surface area (Å²) in [5, 5.41) is 11.0. The molecule has 0 fully saturated rings. The van der Waals surface area contributed by atoms with Crippen LogP contribution in [0.3, 0.4) is 0 Å². The Hall–Kier alpha value is -2.61. The lowest BCUT2D eigenvalue weighted by molar-refractivity contribution is 0.104. The van der Waals surface area contributed by atoms with Crippen molar-refractivity contribution < 1.29 is 4.79 Å². The van der Waals surface area contributed by atoms with Gasteiger partial charge in [0.25, 0.3) is 11.3 Å². The molecule has 0 aliphatic heterocycles. The third-order valence-corrected chi connectivity index (χ3v) is 2.08. The van der Waals surface area contributed by atoms with Gasteiger partial charge in [-0.15, -0.1) is 0 Å². The van der Waals surface area contributed by atoms with Crippen LogP contribution in [0.1, 0.15) is 10.5 Å². The maximum atomic E-state index is 11.3. The van der Waals surface area contributed by atoms with Gasteiger partial charge >= 0.3 is 0 Å². The number of para-hydroxylation sites is 1. The summed E-state index contributed by atoms with van der Waals surface area (Å²) in [6, 6.07) is 11.4. The first-order valence-electron chi connectivity index (χ1n) is 4.54. The Morgan fingerprint density at radius 1 is 1.31 bits per heavy atom. The molecule has 1 aromatic carbocycles. The van der Waals surface area contributed by atoms with Crippen LogP contribution in [0.4, 0.5) is 0 Å². The maximum Gasteiger partial charge on any atom is 0.280 e. The highest BCUT2D eigenvalue weighted by molar-refractivity contribution is 6.06. The van der Waals surface area contributed by atoms with Crippen LogP contribution in [0.25, 0.3) is 5.69 Å². The second-order valence-electron chi connectivity index (χ2n) is 3.12. The van der Waals surface area contributed by atoms with Crippen LogP contribution < -0.4 is 5.56 Å². The molecule has 0 bridgehead atoms.